The van der Waals surface area contributed by atoms with E-state index in [9.17, 15) is 4.79 Å². The second-order valence-corrected chi connectivity index (χ2v) is 5.14. The lowest BCUT2D eigenvalue weighted by Gasteiger charge is -2.12. The fraction of sp³-hybridized carbons (Fsp3) is 0.533. The van der Waals surface area contributed by atoms with Gasteiger partial charge in [-0.3, -0.25) is 4.79 Å². The normalized spacial score (nSPS) is 12.1. The number of esters is 1. The number of carbonyl (C=O) groups excluding carboxylic acids is 1. The number of rotatable bonds is 8. The molecule has 1 rings (SSSR count). The molecule has 0 heterocycles. The second-order valence-electron chi connectivity index (χ2n) is 4.49. The maximum atomic E-state index is 11.7. The number of alkyl halides is 1. The summed E-state index contributed by atoms with van der Waals surface area (Å²) in [5.74, 6) is 1.07. The van der Waals surface area contributed by atoms with Crippen molar-refractivity contribution in [2.45, 2.75) is 39.0 Å². The molecule has 1 atom stereocenters. The number of benzene rings is 1. The molecule has 2 nitrogen and oxygen atoms in total. The van der Waals surface area contributed by atoms with Crippen LogP contribution in [0.25, 0.3) is 0 Å². The number of para-hydroxylation sites is 1. The fourth-order valence-corrected chi connectivity index (χ4v) is 2.43. The Balaban J connectivity index is 2.27. The molecule has 0 bridgehead atoms. The molecule has 0 N–H and O–H groups in total. The maximum Gasteiger partial charge on any atom is 0.311 e. The molecule has 0 aliphatic carbocycles. The Morgan fingerprint density at radius 2 is 2.00 bits per heavy atom. The molecule has 0 spiro atoms. The molecule has 0 saturated carbocycles. The predicted molar refractivity (Wildman–Crippen MR) is 78.1 cm³/mol. The standard InChI is InChI=1S/C15H21BrO2/c1-2-3-7-13(12-16)10-11-15(17)18-14-8-5-4-6-9-14/h4-6,8-9,13H,2-3,7,10-12H2,1H3. The molecule has 1 aromatic rings. The molecule has 0 amide bonds. The number of unbranched alkanes of at least 4 members (excludes halogenated alkanes) is 1. The average Bonchev–Trinajstić information content (AvgIpc) is 2.40. The van der Waals surface area contributed by atoms with Crippen molar-refractivity contribution in [1.82, 2.24) is 0 Å². The third-order valence-electron chi connectivity index (χ3n) is 2.92. The van der Waals surface area contributed by atoms with Crippen molar-refractivity contribution in [3.8, 4) is 5.75 Å². The monoisotopic (exact) mass is 312 g/mol. The van der Waals surface area contributed by atoms with Crippen molar-refractivity contribution in [3.05, 3.63) is 30.3 Å². The van der Waals surface area contributed by atoms with Crippen molar-refractivity contribution in [2.75, 3.05) is 5.33 Å². The lowest BCUT2D eigenvalue weighted by molar-refractivity contribution is -0.134. The van der Waals surface area contributed by atoms with Gasteiger partial charge in [-0.2, -0.15) is 0 Å². The Bertz CT molecular complexity index is 338. The molecule has 0 aromatic heterocycles. The molecular formula is C15H21BrO2. The molecule has 1 aromatic carbocycles. The topological polar surface area (TPSA) is 26.3 Å². The van der Waals surface area contributed by atoms with Crippen LogP contribution >= 0.6 is 15.9 Å². The van der Waals surface area contributed by atoms with E-state index in [1.165, 1.54) is 19.3 Å². The Labute approximate surface area is 118 Å². The Kier molecular flexibility index (Phi) is 7.74. The molecule has 0 saturated heterocycles. The summed E-state index contributed by atoms with van der Waals surface area (Å²) in [6.45, 7) is 2.19. The lowest BCUT2D eigenvalue weighted by Crippen LogP contribution is -2.11. The summed E-state index contributed by atoms with van der Waals surface area (Å²) in [7, 11) is 0. The Morgan fingerprint density at radius 1 is 1.28 bits per heavy atom. The minimum Gasteiger partial charge on any atom is -0.427 e. The van der Waals surface area contributed by atoms with Crippen LogP contribution in [0.2, 0.25) is 0 Å². The zero-order valence-electron chi connectivity index (χ0n) is 10.9. The number of hydrogen-bond acceptors (Lipinski definition) is 2. The molecular weight excluding hydrogens is 292 g/mol. The van der Waals surface area contributed by atoms with Crippen molar-refractivity contribution in [3.63, 3.8) is 0 Å². The first kappa shape index (κ1) is 15.2. The summed E-state index contributed by atoms with van der Waals surface area (Å²) in [5.41, 5.74) is 0. The highest BCUT2D eigenvalue weighted by molar-refractivity contribution is 9.09. The van der Waals surface area contributed by atoms with Crippen LogP contribution in [0.3, 0.4) is 0 Å². The first-order valence-electron chi connectivity index (χ1n) is 6.58. The summed E-state index contributed by atoms with van der Waals surface area (Å²) in [4.78, 5) is 11.7. The molecule has 0 aliphatic rings. The average molecular weight is 313 g/mol. The summed E-state index contributed by atoms with van der Waals surface area (Å²) in [6.07, 6.45) is 5.01. The van der Waals surface area contributed by atoms with Gasteiger partial charge in [0, 0.05) is 11.8 Å². The van der Waals surface area contributed by atoms with E-state index in [0.717, 1.165) is 11.8 Å². The van der Waals surface area contributed by atoms with E-state index in [2.05, 4.69) is 22.9 Å². The number of hydrogen-bond donors (Lipinski definition) is 0. The van der Waals surface area contributed by atoms with Crippen molar-refractivity contribution >= 4 is 21.9 Å². The van der Waals surface area contributed by atoms with Gasteiger partial charge in [-0.1, -0.05) is 53.9 Å². The van der Waals surface area contributed by atoms with Gasteiger partial charge < -0.3 is 4.74 Å². The zero-order chi connectivity index (χ0) is 13.2. The molecule has 0 fully saturated rings. The summed E-state index contributed by atoms with van der Waals surface area (Å²) in [5, 5.41) is 0.964. The minimum absolute atomic E-state index is 0.136. The summed E-state index contributed by atoms with van der Waals surface area (Å²) in [6, 6.07) is 9.24. The molecule has 1 unspecified atom stereocenters. The second kappa shape index (κ2) is 9.15. The fourth-order valence-electron chi connectivity index (χ4n) is 1.78. The van der Waals surface area contributed by atoms with Gasteiger partial charge in [-0.05, 0) is 30.9 Å². The number of halogens is 1. The van der Waals surface area contributed by atoms with Gasteiger partial charge in [0.2, 0.25) is 0 Å². The lowest BCUT2D eigenvalue weighted by atomic mass is 9.99. The van der Waals surface area contributed by atoms with Crippen LogP contribution in [-0.4, -0.2) is 11.3 Å². The van der Waals surface area contributed by atoms with Gasteiger partial charge in [0.25, 0.3) is 0 Å². The van der Waals surface area contributed by atoms with E-state index in [1.54, 1.807) is 12.1 Å². The van der Waals surface area contributed by atoms with E-state index >= 15 is 0 Å². The Hall–Kier alpha value is -0.830. The van der Waals surface area contributed by atoms with E-state index in [-0.39, 0.29) is 5.97 Å². The molecule has 3 heteroatoms. The maximum absolute atomic E-state index is 11.7. The minimum atomic E-state index is -0.136. The SMILES string of the molecule is CCCCC(CBr)CCC(=O)Oc1ccccc1. The molecule has 100 valence electrons. The van der Waals surface area contributed by atoms with Crippen LogP contribution < -0.4 is 4.74 Å². The van der Waals surface area contributed by atoms with Crippen LogP contribution in [-0.2, 0) is 4.79 Å². The van der Waals surface area contributed by atoms with Gasteiger partial charge in [-0.25, -0.2) is 0 Å². The van der Waals surface area contributed by atoms with E-state index < -0.39 is 0 Å². The van der Waals surface area contributed by atoms with Gasteiger partial charge in [0.1, 0.15) is 5.75 Å². The van der Waals surface area contributed by atoms with E-state index in [0.29, 0.717) is 18.1 Å². The van der Waals surface area contributed by atoms with E-state index in [4.69, 9.17) is 4.74 Å². The van der Waals surface area contributed by atoms with Crippen LogP contribution in [0.4, 0.5) is 0 Å². The third kappa shape index (κ3) is 6.20. The van der Waals surface area contributed by atoms with Crippen LogP contribution in [0.5, 0.6) is 5.75 Å². The third-order valence-corrected chi connectivity index (χ3v) is 3.83. The number of carbonyl (C=O) groups is 1. The van der Waals surface area contributed by atoms with Crippen LogP contribution in [0.15, 0.2) is 30.3 Å². The van der Waals surface area contributed by atoms with E-state index in [1.807, 2.05) is 18.2 Å². The smallest absolute Gasteiger partial charge is 0.311 e. The Morgan fingerprint density at radius 3 is 2.61 bits per heavy atom. The first-order valence-corrected chi connectivity index (χ1v) is 7.70. The largest absolute Gasteiger partial charge is 0.427 e. The van der Waals surface area contributed by atoms with Crippen LogP contribution in [0, 0.1) is 5.92 Å². The van der Waals surface area contributed by atoms with Gasteiger partial charge in [0.15, 0.2) is 0 Å². The quantitative estimate of drug-likeness (QED) is 0.399. The van der Waals surface area contributed by atoms with Gasteiger partial charge in [0.05, 0.1) is 0 Å². The highest BCUT2D eigenvalue weighted by atomic mass is 79.9. The van der Waals surface area contributed by atoms with Gasteiger partial charge >= 0.3 is 5.97 Å². The molecule has 0 radical (unpaired) electrons. The molecule has 0 aliphatic heterocycles. The number of ether oxygens (including phenoxy) is 1. The highest BCUT2D eigenvalue weighted by Crippen LogP contribution is 2.18. The zero-order valence-corrected chi connectivity index (χ0v) is 12.5. The predicted octanol–water partition coefficient (Wildman–Crippen LogP) is 4.57. The van der Waals surface area contributed by atoms with Crippen LogP contribution in [0.1, 0.15) is 39.0 Å². The molecule has 18 heavy (non-hydrogen) atoms. The first-order chi connectivity index (χ1) is 8.76. The van der Waals surface area contributed by atoms with Crippen molar-refractivity contribution < 1.29 is 9.53 Å². The van der Waals surface area contributed by atoms with Crippen molar-refractivity contribution in [1.29, 1.82) is 0 Å². The summed E-state index contributed by atoms with van der Waals surface area (Å²) >= 11 is 3.51. The summed E-state index contributed by atoms with van der Waals surface area (Å²) < 4.78 is 5.26. The van der Waals surface area contributed by atoms with Crippen molar-refractivity contribution in [2.24, 2.45) is 5.92 Å². The highest BCUT2D eigenvalue weighted by Gasteiger charge is 2.11. The van der Waals surface area contributed by atoms with Gasteiger partial charge in [-0.15, -0.1) is 0 Å².